The third-order valence-corrected chi connectivity index (χ3v) is 5.13. The molecule has 0 N–H and O–H groups in total. The van der Waals surface area contributed by atoms with Crippen molar-refractivity contribution in [3.8, 4) is 0 Å². The number of hydrogen-bond acceptors (Lipinski definition) is 6. The highest BCUT2D eigenvalue weighted by molar-refractivity contribution is 6.37. The summed E-state index contributed by atoms with van der Waals surface area (Å²) in [5.74, 6) is -3.65. The molecule has 2 aliphatic heterocycles. The van der Waals surface area contributed by atoms with Crippen molar-refractivity contribution in [1.29, 1.82) is 0 Å². The number of carbonyl (C=O) groups is 6. The zero-order chi connectivity index (χ0) is 21.2. The minimum Gasteiger partial charge on any atom is -0.288 e. The largest absolute Gasteiger partial charge is 0.288 e. The highest BCUT2D eigenvalue weighted by Crippen LogP contribution is 2.38. The van der Waals surface area contributed by atoms with Gasteiger partial charge in [0, 0.05) is 35.4 Å². The van der Waals surface area contributed by atoms with Gasteiger partial charge in [0.15, 0.2) is 11.6 Å². The van der Waals surface area contributed by atoms with Crippen molar-refractivity contribution in [1.82, 2.24) is 0 Å². The Hall–Kier alpha value is -4.46. The first kappa shape index (κ1) is 17.6. The maximum Gasteiger partial charge on any atom is 0.258 e. The van der Waals surface area contributed by atoms with Crippen LogP contribution in [0.25, 0.3) is 0 Å². The predicted octanol–water partition coefficient (Wildman–Crippen LogP) is 1.32. The van der Waals surface area contributed by atoms with Crippen LogP contribution in [0.5, 0.6) is 0 Å². The van der Waals surface area contributed by atoms with Crippen molar-refractivity contribution in [2.75, 3.05) is 9.80 Å². The Kier molecular flexibility index (Phi) is 3.54. The van der Waals surface area contributed by atoms with E-state index >= 15 is 0 Å². The van der Waals surface area contributed by atoms with Crippen LogP contribution in [-0.4, -0.2) is 35.2 Å². The lowest BCUT2D eigenvalue weighted by Crippen LogP contribution is -2.35. The molecule has 0 spiro atoms. The van der Waals surface area contributed by atoms with Crippen molar-refractivity contribution in [2.24, 2.45) is 0 Å². The molecule has 3 aliphatic rings. The topological polar surface area (TPSA) is 109 Å². The van der Waals surface area contributed by atoms with Gasteiger partial charge in [-0.25, -0.2) is 9.80 Å². The molecule has 0 atom stereocenters. The molecule has 2 aromatic carbocycles. The maximum absolute atomic E-state index is 13.3. The van der Waals surface area contributed by atoms with E-state index < -0.39 is 35.2 Å². The molecule has 2 aromatic rings. The van der Waals surface area contributed by atoms with Crippen molar-refractivity contribution in [2.45, 2.75) is 0 Å². The molecule has 0 saturated carbocycles. The van der Waals surface area contributed by atoms with E-state index in [1.807, 2.05) is 0 Å². The van der Waals surface area contributed by atoms with Crippen LogP contribution in [0.1, 0.15) is 31.8 Å². The number of anilines is 2. The van der Waals surface area contributed by atoms with E-state index in [1.54, 1.807) is 0 Å². The fourth-order valence-corrected chi connectivity index (χ4v) is 3.85. The summed E-state index contributed by atoms with van der Waals surface area (Å²) >= 11 is 0. The van der Waals surface area contributed by atoms with Crippen molar-refractivity contribution in [3.05, 3.63) is 83.0 Å². The Bertz CT molecular complexity index is 1180. The molecular weight excluding hydrogens is 388 g/mol. The van der Waals surface area contributed by atoms with E-state index in [-0.39, 0.29) is 33.6 Å². The fraction of sp³-hybridized carbons (Fsp3) is 0. The van der Waals surface area contributed by atoms with Gasteiger partial charge in [-0.05, 0) is 12.1 Å². The van der Waals surface area contributed by atoms with Gasteiger partial charge in [-0.3, -0.25) is 28.8 Å². The molecule has 0 radical (unpaired) electrons. The average Bonchev–Trinajstić information content (AvgIpc) is 3.25. The average molecular weight is 398 g/mol. The maximum atomic E-state index is 13.3. The number of fused-ring (bicyclic) bond motifs is 2. The molecule has 144 valence electrons. The summed E-state index contributed by atoms with van der Waals surface area (Å²) in [5, 5.41) is 0. The molecule has 0 fully saturated rings. The Morgan fingerprint density at radius 3 is 1.13 bits per heavy atom. The normalized spacial score (nSPS) is 17.3. The monoisotopic (exact) mass is 398 g/mol. The van der Waals surface area contributed by atoms with Gasteiger partial charge in [0.05, 0.1) is 22.5 Å². The third-order valence-electron chi connectivity index (χ3n) is 5.13. The van der Waals surface area contributed by atoms with Crippen LogP contribution in [0.3, 0.4) is 0 Å². The van der Waals surface area contributed by atoms with Gasteiger partial charge in [-0.15, -0.1) is 0 Å². The quantitative estimate of drug-likeness (QED) is 0.603. The standard InChI is InChI=1S/C22H10N2O6/c25-15-7-8-16(26)23(15)13-5-1-3-11-19(13)22(30)12-4-2-6-14(20(12)21(11)29)24-17(27)9-10-18(24)28/h1-10H. The van der Waals surface area contributed by atoms with Crippen LogP contribution in [0.4, 0.5) is 11.4 Å². The Labute approximate surface area is 168 Å². The van der Waals surface area contributed by atoms with Gasteiger partial charge in [0.2, 0.25) is 0 Å². The molecule has 30 heavy (non-hydrogen) atoms. The molecule has 8 nitrogen and oxygen atoms in total. The molecule has 0 aromatic heterocycles. The number of imide groups is 2. The summed E-state index contributed by atoms with van der Waals surface area (Å²) in [6.07, 6.45) is 4.34. The van der Waals surface area contributed by atoms with Crippen LogP contribution in [-0.2, 0) is 19.2 Å². The first-order valence-corrected chi connectivity index (χ1v) is 8.88. The number of rotatable bonds is 2. The van der Waals surface area contributed by atoms with E-state index in [0.717, 1.165) is 34.1 Å². The minimum atomic E-state index is -0.618. The highest BCUT2D eigenvalue weighted by atomic mass is 16.2. The second kappa shape index (κ2) is 6.02. The number of ketones is 2. The van der Waals surface area contributed by atoms with Gasteiger partial charge in [0.25, 0.3) is 23.6 Å². The van der Waals surface area contributed by atoms with E-state index in [4.69, 9.17) is 0 Å². The first-order chi connectivity index (χ1) is 14.4. The summed E-state index contributed by atoms with van der Waals surface area (Å²) in [4.78, 5) is 76.9. The zero-order valence-electron chi connectivity index (χ0n) is 15.1. The number of amides is 4. The summed E-state index contributed by atoms with van der Waals surface area (Å²) in [5.41, 5.74) is -0.160. The lowest BCUT2D eigenvalue weighted by atomic mass is 9.82. The third kappa shape index (κ3) is 2.21. The SMILES string of the molecule is O=C1c2cccc(N3C(=O)C=CC3=O)c2C(=O)c2cccc(N3C(=O)C=CC3=O)c21. The van der Waals surface area contributed by atoms with E-state index in [0.29, 0.717) is 0 Å². The smallest absolute Gasteiger partial charge is 0.258 e. The molecule has 0 saturated heterocycles. The Morgan fingerprint density at radius 1 is 0.467 bits per heavy atom. The molecular formula is C22H10N2O6. The predicted molar refractivity (Wildman–Crippen MR) is 103 cm³/mol. The van der Waals surface area contributed by atoms with Crippen LogP contribution < -0.4 is 9.80 Å². The van der Waals surface area contributed by atoms with Crippen molar-refractivity contribution >= 4 is 46.6 Å². The molecule has 5 rings (SSSR count). The van der Waals surface area contributed by atoms with Crippen LogP contribution >= 0.6 is 0 Å². The number of benzene rings is 2. The lowest BCUT2D eigenvalue weighted by molar-refractivity contribution is -0.121. The number of carbonyl (C=O) groups excluding carboxylic acids is 6. The fourth-order valence-electron chi connectivity index (χ4n) is 3.85. The molecule has 1 aliphatic carbocycles. The lowest BCUT2D eigenvalue weighted by Gasteiger charge is -2.26. The second-order valence-corrected chi connectivity index (χ2v) is 6.75. The van der Waals surface area contributed by atoms with Crippen LogP contribution in [0.2, 0.25) is 0 Å². The zero-order valence-corrected chi connectivity index (χ0v) is 15.1. The van der Waals surface area contributed by atoms with E-state index in [2.05, 4.69) is 0 Å². The first-order valence-electron chi connectivity index (χ1n) is 8.88. The van der Waals surface area contributed by atoms with Gasteiger partial charge in [-0.2, -0.15) is 0 Å². The number of hydrogen-bond donors (Lipinski definition) is 0. The molecule has 0 bridgehead atoms. The van der Waals surface area contributed by atoms with Gasteiger partial charge in [0.1, 0.15) is 0 Å². The van der Waals surface area contributed by atoms with Crippen LogP contribution in [0.15, 0.2) is 60.7 Å². The van der Waals surface area contributed by atoms with E-state index in [1.165, 1.54) is 36.4 Å². The Morgan fingerprint density at radius 2 is 0.800 bits per heavy atom. The molecule has 8 heteroatoms. The Balaban J connectivity index is 1.72. The summed E-state index contributed by atoms with van der Waals surface area (Å²) < 4.78 is 0. The van der Waals surface area contributed by atoms with Gasteiger partial charge >= 0.3 is 0 Å². The second-order valence-electron chi connectivity index (χ2n) is 6.75. The summed E-state index contributed by atoms with van der Waals surface area (Å²) in [6.45, 7) is 0. The van der Waals surface area contributed by atoms with E-state index in [9.17, 15) is 28.8 Å². The van der Waals surface area contributed by atoms with Gasteiger partial charge in [-0.1, -0.05) is 24.3 Å². The molecule has 4 amide bonds. The number of nitrogens with zero attached hydrogens (tertiary/aromatic N) is 2. The van der Waals surface area contributed by atoms with Crippen LogP contribution in [0, 0.1) is 0 Å². The summed E-state index contributed by atoms with van der Waals surface area (Å²) in [6, 6.07) is 8.56. The van der Waals surface area contributed by atoms with Crippen molar-refractivity contribution in [3.63, 3.8) is 0 Å². The van der Waals surface area contributed by atoms with Crippen molar-refractivity contribution < 1.29 is 28.8 Å². The molecule has 2 heterocycles. The summed E-state index contributed by atoms with van der Waals surface area (Å²) in [7, 11) is 0. The van der Waals surface area contributed by atoms with Gasteiger partial charge < -0.3 is 0 Å². The minimum absolute atomic E-state index is 0.0110. The highest BCUT2D eigenvalue weighted by Gasteiger charge is 2.39. The molecule has 0 unspecified atom stereocenters.